The van der Waals surface area contributed by atoms with Crippen molar-refractivity contribution in [1.29, 1.82) is 0 Å². The zero-order valence-corrected chi connectivity index (χ0v) is 24.9. The van der Waals surface area contributed by atoms with Crippen molar-refractivity contribution in [2.45, 2.75) is 13.3 Å². The molecule has 0 aliphatic carbocycles. The summed E-state index contributed by atoms with van der Waals surface area (Å²) in [6.45, 7) is 11.6. The summed E-state index contributed by atoms with van der Waals surface area (Å²) in [5.41, 5.74) is 0. The lowest BCUT2D eigenvalue weighted by Crippen LogP contribution is -2.15. The fraction of sp³-hybridized carbons (Fsp3) is 0.963. The third-order valence-electron chi connectivity index (χ3n) is 4.70. The highest BCUT2D eigenvalue weighted by Gasteiger charge is 2.01. The average Bonchev–Trinajstić information content (AvgIpc) is 2.97. The Bertz CT molecular complexity index is 506. The van der Waals surface area contributed by atoms with Crippen LogP contribution in [0.25, 0.3) is 0 Å². The number of ether oxygens (including phenoxy) is 12. The third-order valence-corrected chi connectivity index (χ3v) is 4.70. The van der Waals surface area contributed by atoms with Gasteiger partial charge in [0.1, 0.15) is 6.67 Å². The summed E-state index contributed by atoms with van der Waals surface area (Å²) >= 11 is 0. The minimum atomic E-state index is -0.477. The Kier molecular flexibility index (Phi) is 36.0. The second-order valence-electron chi connectivity index (χ2n) is 7.98. The van der Waals surface area contributed by atoms with Gasteiger partial charge in [-0.1, -0.05) is 0 Å². The lowest BCUT2D eigenvalue weighted by atomic mass is 10.5. The monoisotopic (exact) mass is 604 g/mol. The highest BCUT2D eigenvalue weighted by Crippen LogP contribution is 1.89. The molecular formula is C27H53FO13. The topological polar surface area (TPSA) is 128 Å². The molecule has 41 heavy (non-hydrogen) atoms. The van der Waals surface area contributed by atoms with E-state index >= 15 is 0 Å². The van der Waals surface area contributed by atoms with E-state index in [9.17, 15) is 9.18 Å². The van der Waals surface area contributed by atoms with Crippen LogP contribution in [0.15, 0.2) is 0 Å². The molecule has 14 heteroatoms. The summed E-state index contributed by atoms with van der Waals surface area (Å²) in [7, 11) is 0. The number of esters is 1. The smallest absolute Gasteiger partial charge is 0.308 e. The van der Waals surface area contributed by atoms with Gasteiger partial charge in [-0.25, -0.2) is 4.39 Å². The summed E-state index contributed by atoms with van der Waals surface area (Å²) in [6.07, 6.45) is 0.254. The van der Waals surface area contributed by atoms with Gasteiger partial charge in [-0.2, -0.15) is 0 Å². The van der Waals surface area contributed by atoms with Gasteiger partial charge in [0.25, 0.3) is 0 Å². The number of alkyl halides is 1. The van der Waals surface area contributed by atoms with Crippen molar-refractivity contribution in [2.24, 2.45) is 0 Å². The maximum absolute atomic E-state index is 11.8. The SMILES string of the molecule is CCOC(=O)CCOCCOCCOCCOCCOCCOCCOCCOCCOCCOCCOCCF. The van der Waals surface area contributed by atoms with Crippen molar-refractivity contribution in [3.8, 4) is 0 Å². The summed E-state index contributed by atoms with van der Waals surface area (Å²) in [5.74, 6) is -0.254. The quantitative estimate of drug-likeness (QED) is 0.0749. The molecule has 0 radical (unpaired) electrons. The van der Waals surface area contributed by atoms with Gasteiger partial charge in [-0.15, -0.1) is 0 Å². The van der Waals surface area contributed by atoms with Crippen LogP contribution >= 0.6 is 0 Å². The molecule has 0 aromatic heterocycles. The van der Waals surface area contributed by atoms with Gasteiger partial charge in [-0.3, -0.25) is 4.79 Å². The van der Waals surface area contributed by atoms with Crippen molar-refractivity contribution in [3.63, 3.8) is 0 Å². The summed E-state index contributed by atoms with van der Waals surface area (Å²) in [5, 5.41) is 0. The molecular weight excluding hydrogens is 551 g/mol. The highest BCUT2D eigenvalue weighted by atomic mass is 19.1. The summed E-state index contributed by atoms with van der Waals surface area (Å²) in [4.78, 5) is 11.1. The number of hydrogen-bond acceptors (Lipinski definition) is 13. The molecule has 0 fully saturated rings. The first-order valence-corrected chi connectivity index (χ1v) is 14.4. The third kappa shape index (κ3) is 36.9. The molecule has 13 nitrogen and oxygen atoms in total. The van der Waals surface area contributed by atoms with E-state index in [1.165, 1.54) is 0 Å². The Morgan fingerprint density at radius 3 is 0.829 bits per heavy atom. The van der Waals surface area contributed by atoms with Crippen molar-refractivity contribution < 1.29 is 66.0 Å². The van der Waals surface area contributed by atoms with Gasteiger partial charge >= 0.3 is 5.97 Å². The lowest BCUT2D eigenvalue weighted by Gasteiger charge is -2.09. The number of carbonyl (C=O) groups excluding carboxylic acids is 1. The Morgan fingerprint density at radius 1 is 0.390 bits per heavy atom. The Hall–Kier alpha value is -1.04. The molecule has 0 N–H and O–H groups in total. The molecule has 0 amide bonds. The van der Waals surface area contributed by atoms with Crippen LogP contribution in [0.3, 0.4) is 0 Å². The van der Waals surface area contributed by atoms with Crippen LogP contribution in [0.4, 0.5) is 4.39 Å². The van der Waals surface area contributed by atoms with E-state index in [-0.39, 0.29) is 19.0 Å². The lowest BCUT2D eigenvalue weighted by molar-refractivity contribution is -0.144. The molecule has 0 aromatic rings. The molecule has 0 aromatic carbocycles. The molecule has 0 aliphatic heterocycles. The molecule has 0 rings (SSSR count). The summed E-state index contributed by atoms with van der Waals surface area (Å²) < 4.78 is 75.5. The van der Waals surface area contributed by atoms with E-state index in [1.807, 2.05) is 0 Å². The Morgan fingerprint density at radius 2 is 0.610 bits per heavy atom. The molecule has 0 unspecified atom stereocenters. The number of rotatable bonds is 36. The van der Waals surface area contributed by atoms with Crippen molar-refractivity contribution in [2.75, 3.05) is 159 Å². The number of carbonyl (C=O) groups is 1. The zero-order chi connectivity index (χ0) is 29.7. The van der Waals surface area contributed by atoms with Crippen LogP contribution in [0, 0.1) is 0 Å². The van der Waals surface area contributed by atoms with Crippen LogP contribution in [0.2, 0.25) is 0 Å². The minimum absolute atomic E-state index is 0.111. The van der Waals surface area contributed by atoms with Gasteiger partial charge in [0.2, 0.25) is 0 Å². The van der Waals surface area contributed by atoms with Gasteiger partial charge < -0.3 is 56.8 Å². The van der Waals surface area contributed by atoms with Crippen LogP contribution in [-0.2, 0) is 61.6 Å². The van der Waals surface area contributed by atoms with Crippen molar-refractivity contribution >= 4 is 5.97 Å². The maximum Gasteiger partial charge on any atom is 0.308 e. The first-order chi connectivity index (χ1) is 20.3. The van der Waals surface area contributed by atoms with Crippen molar-refractivity contribution in [3.05, 3.63) is 0 Å². The van der Waals surface area contributed by atoms with Gasteiger partial charge in [0.15, 0.2) is 0 Å². The van der Waals surface area contributed by atoms with E-state index in [0.717, 1.165) is 0 Å². The molecule has 0 saturated heterocycles. The predicted molar refractivity (Wildman–Crippen MR) is 146 cm³/mol. The van der Waals surface area contributed by atoms with E-state index in [4.69, 9.17) is 56.8 Å². The Balaban J connectivity index is 3.05. The van der Waals surface area contributed by atoms with Gasteiger partial charge in [0, 0.05) is 0 Å². The molecule has 246 valence electrons. The largest absolute Gasteiger partial charge is 0.466 e. The molecule has 0 spiro atoms. The van der Waals surface area contributed by atoms with Crippen LogP contribution < -0.4 is 0 Å². The zero-order valence-electron chi connectivity index (χ0n) is 24.9. The van der Waals surface area contributed by atoms with E-state index in [1.54, 1.807) is 6.92 Å². The maximum atomic E-state index is 11.8. The van der Waals surface area contributed by atoms with E-state index in [2.05, 4.69) is 0 Å². The first kappa shape index (κ1) is 40.0. The normalized spacial score (nSPS) is 11.4. The van der Waals surface area contributed by atoms with Crippen molar-refractivity contribution in [1.82, 2.24) is 0 Å². The second kappa shape index (κ2) is 37.0. The average molecular weight is 605 g/mol. The molecule has 0 aliphatic rings. The van der Waals surface area contributed by atoms with Crippen LogP contribution in [-0.4, -0.2) is 165 Å². The fourth-order valence-corrected chi connectivity index (χ4v) is 2.74. The standard InChI is InChI=1S/C27H53FO13/c1-2-41-27(29)3-5-30-7-9-32-11-13-34-15-17-36-19-21-38-23-25-40-26-24-39-22-20-37-18-16-35-14-12-33-10-8-31-6-4-28/h2-26H2,1H3. The second-order valence-corrected chi connectivity index (χ2v) is 7.98. The molecule has 0 saturated carbocycles. The molecule has 0 heterocycles. The highest BCUT2D eigenvalue weighted by molar-refractivity contribution is 5.69. The number of hydrogen-bond donors (Lipinski definition) is 0. The molecule has 0 atom stereocenters. The summed E-state index contributed by atoms with van der Waals surface area (Å²) in [6, 6.07) is 0. The minimum Gasteiger partial charge on any atom is -0.466 e. The fourth-order valence-electron chi connectivity index (χ4n) is 2.74. The first-order valence-electron chi connectivity index (χ1n) is 14.4. The van der Waals surface area contributed by atoms with Crippen LogP contribution in [0.5, 0.6) is 0 Å². The van der Waals surface area contributed by atoms with E-state index in [0.29, 0.717) is 145 Å². The van der Waals surface area contributed by atoms with Gasteiger partial charge in [-0.05, 0) is 6.92 Å². The van der Waals surface area contributed by atoms with Crippen LogP contribution in [0.1, 0.15) is 13.3 Å². The van der Waals surface area contributed by atoms with E-state index < -0.39 is 6.67 Å². The Labute approximate surface area is 244 Å². The van der Waals surface area contributed by atoms with Gasteiger partial charge in [0.05, 0.1) is 158 Å². The predicted octanol–water partition coefficient (Wildman–Crippen LogP) is 1.09. The molecule has 0 bridgehead atoms. The number of halogens is 1.